The van der Waals surface area contributed by atoms with E-state index in [2.05, 4.69) is 31.2 Å². The van der Waals surface area contributed by atoms with Gasteiger partial charge < -0.3 is 0 Å². The van der Waals surface area contributed by atoms with Crippen LogP contribution in [0.1, 0.15) is 50.2 Å². The van der Waals surface area contributed by atoms with Gasteiger partial charge in [0.25, 0.3) is 0 Å². The molecular formula is C15H22. The maximum atomic E-state index is 2.32. The van der Waals surface area contributed by atoms with Crippen LogP contribution in [0.5, 0.6) is 0 Å². The molecular weight excluding hydrogens is 180 g/mol. The number of fused-ring (bicyclic) bond motifs is 1. The molecule has 0 saturated heterocycles. The summed E-state index contributed by atoms with van der Waals surface area (Å²) in [6, 6.07) is 8.99. The third kappa shape index (κ3) is 2.84. The normalized spacial score (nSPS) is 19.9. The number of hydrogen-bond acceptors (Lipinski definition) is 0. The van der Waals surface area contributed by atoms with Gasteiger partial charge in [0.1, 0.15) is 0 Å². The lowest BCUT2D eigenvalue weighted by molar-refractivity contribution is 0.408. The average Bonchev–Trinajstić information content (AvgIpc) is 2.29. The predicted molar refractivity (Wildman–Crippen MR) is 66.1 cm³/mol. The van der Waals surface area contributed by atoms with E-state index in [4.69, 9.17) is 0 Å². The van der Waals surface area contributed by atoms with E-state index in [1.165, 1.54) is 44.9 Å². The molecule has 0 heteroatoms. The molecule has 0 heterocycles. The van der Waals surface area contributed by atoms with Crippen LogP contribution in [0.2, 0.25) is 0 Å². The van der Waals surface area contributed by atoms with E-state index in [-0.39, 0.29) is 0 Å². The summed E-state index contributed by atoms with van der Waals surface area (Å²) in [6.07, 6.45) is 9.71. The summed E-state index contributed by atoms with van der Waals surface area (Å²) in [4.78, 5) is 0. The van der Waals surface area contributed by atoms with Crippen LogP contribution in [0.4, 0.5) is 0 Å². The highest BCUT2D eigenvalue weighted by Gasteiger charge is 2.17. The largest absolute Gasteiger partial charge is 0.0654 e. The lowest BCUT2D eigenvalue weighted by atomic mass is 9.81. The van der Waals surface area contributed by atoms with E-state index in [0.717, 1.165) is 5.92 Å². The van der Waals surface area contributed by atoms with E-state index in [1.807, 2.05) is 0 Å². The Morgan fingerprint density at radius 2 is 1.93 bits per heavy atom. The molecule has 0 fully saturated rings. The second kappa shape index (κ2) is 5.34. The lowest BCUT2D eigenvalue weighted by Gasteiger charge is -2.24. The van der Waals surface area contributed by atoms with E-state index in [9.17, 15) is 0 Å². The Kier molecular flexibility index (Phi) is 3.82. The quantitative estimate of drug-likeness (QED) is 0.636. The summed E-state index contributed by atoms with van der Waals surface area (Å²) in [5, 5.41) is 0. The summed E-state index contributed by atoms with van der Waals surface area (Å²) in [5.74, 6) is 0.964. The van der Waals surface area contributed by atoms with E-state index in [1.54, 1.807) is 11.1 Å². The van der Waals surface area contributed by atoms with Gasteiger partial charge in [-0.05, 0) is 36.3 Å². The van der Waals surface area contributed by atoms with Crippen molar-refractivity contribution < 1.29 is 0 Å². The topological polar surface area (TPSA) is 0 Å². The molecule has 1 aromatic carbocycles. The molecule has 1 aromatic rings. The van der Waals surface area contributed by atoms with Crippen molar-refractivity contribution in [3.05, 3.63) is 35.4 Å². The Balaban J connectivity index is 1.88. The monoisotopic (exact) mass is 202 g/mol. The first kappa shape index (κ1) is 10.7. The minimum Gasteiger partial charge on any atom is -0.0654 e. The number of aryl methyl sites for hydroxylation is 1. The summed E-state index contributed by atoms with van der Waals surface area (Å²) < 4.78 is 0. The number of unbranched alkanes of at least 4 members (excludes halogenated alkanes) is 2. The van der Waals surface area contributed by atoms with Crippen LogP contribution < -0.4 is 0 Å². The van der Waals surface area contributed by atoms with Crippen molar-refractivity contribution in [3.63, 3.8) is 0 Å². The molecule has 1 aliphatic carbocycles. The molecule has 0 aromatic heterocycles. The average molecular weight is 202 g/mol. The molecule has 1 unspecified atom stereocenters. The molecule has 82 valence electrons. The minimum absolute atomic E-state index is 0.964. The lowest BCUT2D eigenvalue weighted by Crippen LogP contribution is -2.13. The van der Waals surface area contributed by atoms with Gasteiger partial charge in [0.05, 0.1) is 0 Å². The first-order valence-electron chi connectivity index (χ1n) is 6.47. The zero-order valence-electron chi connectivity index (χ0n) is 9.84. The third-order valence-electron chi connectivity index (χ3n) is 3.66. The first-order chi connectivity index (χ1) is 7.40. The first-order valence-corrected chi connectivity index (χ1v) is 6.47. The summed E-state index contributed by atoms with van der Waals surface area (Å²) in [5.41, 5.74) is 3.22. The van der Waals surface area contributed by atoms with Crippen LogP contribution in [0.3, 0.4) is 0 Å². The van der Waals surface area contributed by atoms with E-state index < -0.39 is 0 Å². The standard InChI is InChI=1S/C15H22/c1-2-3-4-7-13-10-11-14-8-5-6-9-15(14)12-13/h5-6,8-9,13H,2-4,7,10-12H2,1H3. The Morgan fingerprint density at radius 1 is 1.13 bits per heavy atom. The van der Waals surface area contributed by atoms with Crippen molar-refractivity contribution >= 4 is 0 Å². The van der Waals surface area contributed by atoms with Crippen LogP contribution >= 0.6 is 0 Å². The van der Waals surface area contributed by atoms with Crippen molar-refractivity contribution in [2.45, 2.75) is 51.9 Å². The molecule has 1 atom stereocenters. The molecule has 0 spiro atoms. The van der Waals surface area contributed by atoms with Crippen LogP contribution in [0, 0.1) is 5.92 Å². The van der Waals surface area contributed by atoms with Crippen molar-refractivity contribution in [2.75, 3.05) is 0 Å². The molecule has 2 rings (SSSR count). The molecule has 0 bridgehead atoms. The van der Waals surface area contributed by atoms with Gasteiger partial charge in [-0.25, -0.2) is 0 Å². The highest BCUT2D eigenvalue weighted by Crippen LogP contribution is 2.28. The molecule has 0 nitrogen and oxygen atoms in total. The van der Waals surface area contributed by atoms with Gasteiger partial charge in [0.2, 0.25) is 0 Å². The molecule has 15 heavy (non-hydrogen) atoms. The fraction of sp³-hybridized carbons (Fsp3) is 0.600. The van der Waals surface area contributed by atoms with Gasteiger partial charge in [-0.2, -0.15) is 0 Å². The second-order valence-corrected chi connectivity index (χ2v) is 4.87. The fourth-order valence-electron chi connectivity index (χ4n) is 2.70. The number of hydrogen-bond donors (Lipinski definition) is 0. The summed E-state index contributed by atoms with van der Waals surface area (Å²) in [6.45, 7) is 2.29. The van der Waals surface area contributed by atoms with Gasteiger partial charge in [-0.3, -0.25) is 0 Å². The van der Waals surface area contributed by atoms with E-state index >= 15 is 0 Å². The van der Waals surface area contributed by atoms with Crippen molar-refractivity contribution in [2.24, 2.45) is 5.92 Å². The van der Waals surface area contributed by atoms with Crippen LogP contribution in [0.15, 0.2) is 24.3 Å². The maximum Gasteiger partial charge on any atom is -0.0248 e. The fourth-order valence-corrected chi connectivity index (χ4v) is 2.70. The van der Waals surface area contributed by atoms with Crippen molar-refractivity contribution in [3.8, 4) is 0 Å². The molecule has 0 radical (unpaired) electrons. The Bertz CT molecular complexity index is 301. The molecule has 1 aliphatic rings. The summed E-state index contributed by atoms with van der Waals surface area (Å²) >= 11 is 0. The predicted octanol–water partition coefficient (Wildman–Crippen LogP) is 4.37. The highest BCUT2D eigenvalue weighted by molar-refractivity contribution is 5.29. The Hall–Kier alpha value is -0.780. The summed E-state index contributed by atoms with van der Waals surface area (Å²) in [7, 11) is 0. The van der Waals surface area contributed by atoms with E-state index in [0.29, 0.717) is 0 Å². The Morgan fingerprint density at radius 3 is 2.73 bits per heavy atom. The third-order valence-corrected chi connectivity index (χ3v) is 3.66. The van der Waals surface area contributed by atoms with Gasteiger partial charge in [-0.1, -0.05) is 56.9 Å². The maximum absolute atomic E-state index is 2.32. The minimum atomic E-state index is 0.964. The van der Waals surface area contributed by atoms with Crippen molar-refractivity contribution in [1.29, 1.82) is 0 Å². The number of rotatable bonds is 4. The van der Waals surface area contributed by atoms with Crippen LogP contribution in [-0.2, 0) is 12.8 Å². The SMILES string of the molecule is CCCCCC1CCc2ccccc2C1. The molecule has 0 N–H and O–H groups in total. The molecule has 0 saturated carbocycles. The van der Waals surface area contributed by atoms with Gasteiger partial charge in [0.15, 0.2) is 0 Å². The van der Waals surface area contributed by atoms with Crippen molar-refractivity contribution in [1.82, 2.24) is 0 Å². The van der Waals surface area contributed by atoms with Crippen LogP contribution in [-0.4, -0.2) is 0 Å². The highest BCUT2D eigenvalue weighted by atomic mass is 14.2. The van der Waals surface area contributed by atoms with Gasteiger partial charge >= 0.3 is 0 Å². The molecule has 0 aliphatic heterocycles. The second-order valence-electron chi connectivity index (χ2n) is 4.87. The zero-order chi connectivity index (χ0) is 10.5. The number of benzene rings is 1. The Labute approximate surface area is 93.7 Å². The van der Waals surface area contributed by atoms with Crippen LogP contribution in [0.25, 0.3) is 0 Å². The van der Waals surface area contributed by atoms with Gasteiger partial charge in [0, 0.05) is 0 Å². The zero-order valence-corrected chi connectivity index (χ0v) is 9.84. The smallest absolute Gasteiger partial charge is 0.0248 e. The van der Waals surface area contributed by atoms with Gasteiger partial charge in [-0.15, -0.1) is 0 Å². The molecule has 0 amide bonds.